The number of hydrogen-bond acceptors (Lipinski definition) is 3. The van der Waals surface area contributed by atoms with Crippen molar-refractivity contribution in [3.05, 3.63) is 192 Å². The van der Waals surface area contributed by atoms with Crippen LogP contribution in [0.25, 0.3) is 81.8 Å². The van der Waals surface area contributed by atoms with Gasteiger partial charge in [-0.25, -0.2) is 0 Å². The quantitative estimate of drug-likeness (QED) is 0.112. The Balaban J connectivity index is 0.000000299. The average Bonchev–Trinajstić information content (AvgIpc) is 3.94. The molecule has 7 aromatic carbocycles. The molecule has 0 N–H and O–H groups in total. The average molecular weight is 1080 g/mol. The third-order valence-electron chi connectivity index (χ3n) is 12.0. The first-order valence-corrected chi connectivity index (χ1v) is 26.4. The molecular formula is C60H57IrN3SSi-2. The van der Waals surface area contributed by atoms with E-state index in [0.29, 0.717) is 16.8 Å². The topological polar surface area (TPSA) is 30.7 Å². The first kappa shape index (κ1) is 36.4. The van der Waals surface area contributed by atoms with Gasteiger partial charge in [0.2, 0.25) is 0 Å². The van der Waals surface area contributed by atoms with Crippen LogP contribution in [-0.4, -0.2) is 22.6 Å². The Hall–Kier alpha value is -5.75. The smallest absolute Gasteiger partial charge is 0.0795 e. The molecule has 0 amide bonds. The molecule has 66 heavy (non-hydrogen) atoms. The van der Waals surface area contributed by atoms with Gasteiger partial charge in [-0.2, -0.15) is 11.3 Å². The van der Waals surface area contributed by atoms with Crippen molar-refractivity contribution in [3.8, 4) is 50.6 Å². The van der Waals surface area contributed by atoms with Gasteiger partial charge in [0, 0.05) is 49.0 Å². The molecule has 1 radical (unpaired) electrons. The van der Waals surface area contributed by atoms with E-state index in [1.165, 1.54) is 39.3 Å². The number of imidazole rings is 1. The van der Waals surface area contributed by atoms with E-state index < -0.39 is 28.6 Å². The van der Waals surface area contributed by atoms with Crippen molar-refractivity contribution in [3.63, 3.8) is 0 Å². The zero-order chi connectivity index (χ0) is 53.1. The molecule has 0 unspecified atom stereocenters. The summed E-state index contributed by atoms with van der Waals surface area (Å²) in [5.41, 5.74) is 12.7. The van der Waals surface area contributed by atoms with E-state index in [-0.39, 0.29) is 43.1 Å². The van der Waals surface area contributed by atoms with E-state index >= 15 is 0 Å². The molecule has 0 aliphatic rings. The molecule has 3 aromatic heterocycles. The van der Waals surface area contributed by atoms with E-state index in [1.54, 1.807) is 30.3 Å². The summed E-state index contributed by atoms with van der Waals surface area (Å²) in [4.78, 5) is 9.77. The van der Waals surface area contributed by atoms with Crippen molar-refractivity contribution in [2.45, 2.75) is 79.7 Å². The van der Waals surface area contributed by atoms with Gasteiger partial charge in [-0.05, 0) is 103 Å². The summed E-state index contributed by atoms with van der Waals surface area (Å²) >= 11 is 1.54. The number of rotatable bonds is 8. The molecule has 0 aliphatic carbocycles. The van der Waals surface area contributed by atoms with E-state index in [1.807, 2.05) is 60.8 Å². The molecule has 3 nitrogen and oxygen atoms in total. The van der Waals surface area contributed by atoms with Crippen LogP contribution >= 0.6 is 11.3 Å². The number of nitrogens with zero attached hydrogens (tertiary/aromatic N) is 3. The van der Waals surface area contributed by atoms with Crippen LogP contribution in [0.15, 0.2) is 152 Å². The van der Waals surface area contributed by atoms with Gasteiger partial charge in [0.25, 0.3) is 0 Å². The normalized spacial score (nSPS) is 14.2. The summed E-state index contributed by atoms with van der Waals surface area (Å²) < 4.78 is 75.0. The van der Waals surface area contributed by atoms with Crippen LogP contribution < -0.4 is 5.19 Å². The molecule has 0 saturated carbocycles. The van der Waals surface area contributed by atoms with Gasteiger partial charge >= 0.3 is 0 Å². The molecule has 333 valence electrons. The van der Waals surface area contributed by atoms with Gasteiger partial charge in [-0.3, -0.25) is 4.98 Å². The molecule has 10 rings (SSSR count). The molecule has 0 bridgehead atoms. The molecule has 0 atom stereocenters. The Morgan fingerprint density at radius 1 is 0.652 bits per heavy atom. The molecule has 6 heteroatoms. The number of aromatic nitrogens is 3. The Labute approximate surface area is 422 Å². The Morgan fingerprint density at radius 2 is 1.33 bits per heavy atom. The molecule has 0 spiro atoms. The third kappa shape index (κ3) is 9.30. The minimum absolute atomic E-state index is 0. The van der Waals surface area contributed by atoms with Gasteiger partial charge in [0.15, 0.2) is 0 Å². The zero-order valence-electron chi connectivity index (χ0n) is 47.2. The number of hydrogen-bond donors (Lipinski definition) is 0. The largest absolute Gasteiger partial charge is 0.333 e. The minimum Gasteiger partial charge on any atom is -0.333 e. The number of pyridine rings is 1. The van der Waals surface area contributed by atoms with Gasteiger partial charge in [0.1, 0.15) is 0 Å². The summed E-state index contributed by atoms with van der Waals surface area (Å²) in [6.45, 7) is 9.12. The van der Waals surface area contributed by atoms with Crippen molar-refractivity contribution < 1.29 is 32.4 Å². The van der Waals surface area contributed by atoms with Crippen LogP contribution in [-0.2, 0) is 20.1 Å². The fourth-order valence-corrected chi connectivity index (χ4v) is 10.7. The number of fused-ring (bicyclic) bond motifs is 4. The number of aryl methyl sites for hydroxylation is 3. The van der Waals surface area contributed by atoms with E-state index in [2.05, 4.69) is 124 Å². The zero-order valence-corrected chi connectivity index (χ0v) is 42.4. The standard InChI is InChI=1S/C45H39N2S.C15H18NSi.Ir/c1-27(2)37-24-34(31-12-8-7-9-13-31)25-38(28(3)4)43(37)47-40-15-11-10-14-39(40)46-45(47)36-22-18-30(6)42-35-23-21-33(26-41(35)48-44(36)42)32-19-16-29(5)17-20-32;1-12-5-7-13(8-6-12)15-10-9-14(11-16-15)17(2,3)4;/h7-21,23-28H,1-6H3;5-7,9-11H,1-4H3;/q2*-1;/i5D3,6D3;1D3;. The van der Waals surface area contributed by atoms with Gasteiger partial charge in [-0.15, -0.1) is 53.1 Å². The second-order valence-corrected chi connectivity index (χ2v) is 24.4. The van der Waals surface area contributed by atoms with Crippen molar-refractivity contribution >= 4 is 55.8 Å². The summed E-state index contributed by atoms with van der Waals surface area (Å²) in [5.74, 6) is 1.09. The molecule has 0 aliphatic heterocycles. The van der Waals surface area contributed by atoms with Crippen molar-refractivity contribution in [2.24, 2.45) is 0 Å². The molecule has 10 aromatic rings. The number of para-hydroxylation sites is 2. The second kappa shape index (κ2) is 19.2. The molecular weight excluding hydrogens is 1020 g/mol. The monoisotopic (exact) mass is 1080 g/mol. The molecule has 3 heterocycles. The Kier molecular flexibility index (Phi) is 10.6. The fraction of sp³-hybridized carbons (Fsp3) is 0.200. The van der Waals surface area contributed by atoms with E-state index in [9.17, 15) is 0 Å². The first-order chi connectivity index (χ1) is 34.9. The SMILES string of the molecule is [2H]C([2H])([2H])c1c[c-]c(-c2ccc([Si](C)(C)C)cn2)cc1.[2H]C([2H])([2H])c1ccc(-c2ccc3c(c2)sc2c(-c4nc5ccccc5n4-c4c(C(C)C)cc(-c5ccccc5)cc4C(C)C)[c-]cc(C([2H])([2H])[2H])c23)cc1.[Ir]. The van der Waals surface area contributed by atoms with E-state index in [4.69, 9.17) is 17.3 Å². The molecule has 0 saturated heterocycles. The number of benzene rings is 7. The van der Waals surface area contributed by atoms with Gasteiger partial charge < -0.3 is 9.55 Å². The second-order valence-electron chi connectivity index (χ2n) is 18.3. The van der Waals surface area contributed by atoms with E-state index in [0.717, 1.165) is 65.0 Å². The summed E-state index contributed by atoms with van der Waals surface area (Å²) in [5, 5.41) is 2.83. The summed E-state index contributed by atoms with van der Waals surface area (Å²) in [6, 6.07) is 53.3. The third-order valence-corrected chi connectivity index (χ3v) is 15.2. The van der Waals surface area contributed by atoms with Crippen molar-refractivity contribution in [1.29, 1.82) is 0 Å². The van der Waals surface area contributed by atoms with Crippen LogP contribution in [0.5, 0.6) is 0 Å². The van der Waals surface area contributed by atoms with Gasteiger partial charge in [0.05, 0.1) is 24.9 Å². The van der Waals surface area contributed by atoms with Crippen LogP contribution in [0, 0.1) is 32.7 Å². The molecule has 0 fully saturated rings. The first-order valence-electron chi connectivity index (χ1n) is 26.6. The Bertz CT molecular complexity index is 3560. The van der Waals surface area contributed by atoms with Gasteiger partial charge in [-0.1, -0.05) is 169 Å². The maximum absolute atomic E-state index is 8.55. The van der Waals surface area contributed by atoms with Crippen LogP contribution in [0.3, 0.4) is 0 Å². The Morgan fingerprint density at radius 3 is 1.97 bits per heavy atom. The van der Waals surface area contributed by atoms with Crippen LogP contribution in [0.1, 0.15) is 79.7 Å². The summed E-state index contributed by atoms with van der Waals surface area (Å²) in [7, 11) is -1.34. The van der Waals surface area contributed by atoms with Crippen molar-refractivity contribution in [2.75, 3.05) is 0 Å². The summed E-state index contributed by atoms with van der Waals surface area (Å²) in [6.07, 6.45) is 1.92. The maximum Gasteiger partial charge on any atom is 0.0795 e. The van der Waals surface area contributed by atoms with Crippen LogP contribution in [0.2, 0.25) is 19.6 Å². The minimum atomic E-state index is -2.37. The predicted molar refractivity (Wildman–Crippen MR) is 283 cm³/mol. The maximum atomic E-state index is 8.55. The van der Waals surface area contributed by atoms with Crippen molar-refractivity contribution in [1.82, 2.24) is 14.5 Å². The fourth-order valence-electron chi connectivity index (χ4n) is 8.45. The number of thiophene rings is 1. The predicted octanol–water partition coefficient (Wildman–Crippen LogP) is 16.5. The van der Waals surface area contributed by atoms with Crippen LogP contribution in [0.4, 0.5) is 0 Å².